The van der Waals surface area contributed by atoms with Crippen molar-refractivity contribution in [3.63, 3.8) is 0 Å². The lowest BCUT2D eigenvalue weighted by Crippen LogP contribution is -2.19. The molecule has 0 bridgehead atoms. The van der Waals surface area contributed by atoms with Crippen molar-refractivity contribution in [2.24, 2.45) is 5.10 Å². The average Bonchev–Trinajstić information content (AvgIpc) is 3.25. The first-order chi connectivity index (χ1) is 10.2. The first-order valence-electron chi connectivity index (χ1n) is 6.22. The third-order valence-corrected chi connectivity index (χ3v) is 2.80. The highest BCUT2D eigenvalue weighted by Gasteiger charge is 2.12. The molecule has 2 N–H and O–H groups in total. The van der Waals surface area contributed by atoms with E-state index in [4.69, 9.17) is 8.83 Å². The van der Waals surface area contributed by atoms with E-state index in [1.165, 1.54) is 0 Å². The molecule has 7 nitrogen and oxygen atoms in total. The number of carbonyl (C=O) groups is 1. The van der Waals surface area contributed by atoms with Gasteiger partial charge in [-0.2, -0.15) is 10.2 Å². The largest absolute Gasteiger partial charge is 0.463 e. The van der Waals surface area contributed by atoms with Crippen molar-refractivity contribution in [1.29, 1.82) is 0 Å². The van der Waals surface area contributed by atoms with Crippen LogP contribution in [0.15, 0.2) is 56.8 Å². The lowest BCUT2D eigenvalue weighted by molar-refractivity contribution is 0.0950. The van der Waals surface area contributed by atoms with Gasteiger partial charge in [-0.25, -0.2) is 5.43 Å². The molecular weight excluding hydrogens is 272 g/mol. The summed E-state index contributed by atoms with van der Waals surface area (Å²) in [5, 5.41) is 10.6. The van der Waals surface area contributed by atoms with Gasteiger partial charge >= 0.3 is 0 Å². The number of nitrogens with one attached hydrogen (secondary N) is 2. The molecule has 0 aromatic carbocycles. The Morgan fingerprint density at radius 3 is 2.81 bits per heavy atom. The van der Waals surface area contributed by atoms with E-state index < -0.39 is 5.91 Å². The normalized spacial score (nSPS) is 11.6. The summed E-state index contributed by atoms with van der Waals surface area (Å²) in [7, 11) is 0. The third kappa shape index (κ3) is 2.76. The topological polar surface area (TPSA) is 96.4 Å². The van der Waals surface area contributed by atoms with E-state index in [0.29, 0.717) is 22.9 Å². The van der Waals surface area contributed by atoms with E-state index in [1.54, 1.807) is 49.8 Å². The Bertz CT molecular complexity index is 754. The van der Waals surface area contributed by atoms with Crippen LogP contribution in [0.2, 0.25) is 0 Å². The Labute approximate surface area is 119 Å². The molecular formula is C14H12N4O3. The summed E-state index contributed by atoms with van der Waals surface area (Å²) in [5.74, 6) is 0.778. The van der Waals surface area contributed by atoms with Crippen LogP contribution in [0.4, 0.5) is 0 Å². The Balaban J connectivity index is 1.70. The van der Waals surface area contributed by atoms with E-state index >= 15 is 0 Å². The summed E-state index contributed by atoms with van der Waals surface area (Å²) >= 11 is 0. The molecule has 106 valence electrons. The number of carbonyl (C=O) groups excluding carboxylic acids is 1. The van der Waals surface area contributed by atoms with Gasteiger partial charge in [-0.1, -0.05) is 0 Å². The van der Waals surface area contributed by atoms with Crippen LogP contribution in [-0.4, -0.2) is 21.8 Å². The van der Waals surface area contributed by atoms with Gasteiger partial charge in [0.15, 0.2) is 11.5 Å². The molecule has 0 radical (unpaired) electrons. The molecule has 3 heterocycles. The molecule has 3 rings (SSSR count). The lowest BCUT2D eigenvalue weighted by atomic mass is 10.3. The van der Waals surface area contributed by atoms with Crippen LogP contribution in [0, 0.1) is 0 Å². The minimum atomic E-state index is -0.421. The Hall–Kier alpha value is -3.09. The molecule has 0 aliphatic heterocycles. The standard InChI is InChI=1S/C14H12N4O3/c1-9(12-4-2-6-20-12)15-18-14(19)11-8-10(16-17-11)13-5-3-7-21-13/h2-8H,1H3,(H,16,17)(H,18,19). The quantitative estimate of drug-likeness (QED) is 0.568. The molecule has 7 heteroatoms. The number of furan rings is 2. The number of amides is 1. The van der Waals surface area contributed by atoms with Crippen molar-refractivity contribution in [1.82, 2.24) is 15.6 Å². The van der Waals surface area contributed by atoms with Crippen molar-refractivity contribution in [2.45, 2.75) is 6.92 Å². The second-order valence-electron chi connectivity index (χ2n) is 4.26. The maximum atomic E-state index is 11.9. The molecule has 0 atom stereocenters. The van der Waals surface area contributed by atoms with Crippen molar-refractivity contribution in [2.75, 3.05) is 0 Å². The van der Waals surface area contributed by atoms with Gasteiger partial charge in [0.1, 0.15) is 17.2 Å². The van der Waals surface area contributed by atoms with Gasteiger partial charge in [0.05, 0.1) is 12.5 Å². The molecule has 3 aromatic rings. The summed E-state index contributed by atoms with van der Waals surface area (Å²) in [4.78, 5) is 11.9. The maximum Gasteiger partial charge on any atom is 0.291 e. The van der Waals surface area contributed by atoms with Gasteiger partial charge in [-0.15, -0.1) is 0 Å². The van der Waals surface area contributed by atoms with Crippen LogP contribution in [0.5, 0.6) is 0 Å². The van der Waals surface area contributed by atoms with Gasteiger partial charge in [0.2, 0.25) is 0 Å². The molecule has 0 saturated carbocycles. The van der Waals surface area contributed by atoms with Gasteiger partial charge in [0.25, 0.3) is 5.91 Å². The van der Waals surface area contributed by atoms with Crippen molar-refractivity contribution >= 4 is 11.6 Å². The predicted molar refractivity (Wildman–Crippen MR) is 74.7 cm³/mol. The van der Waals surface area contributed by atoms with Crippen LogP contribution in [0.1, 0.15) is 23.2 Å². The highest BCUT2D eigenvalue weighted by atomic mass is 16.3. The van der Waals surface area contributed by atoms with E-state index in [2.05, 4.69) is 20.7 Å². The number of hydrogen-bond donors (Lipinski definition) is 2. The molecule has 0 unspecified atom stereocenters. The predicted octanol–water partition coefficient (Wildman–Crippen LogP) is 2.42. The minimum Gasteiger partial charge on any atom is -0.463 e. The molecule has 0 saturated heterocycles. The van der Waals surface area contributed by atoms with Gasteiger partial charge < -0.3 is 8.83 Å². The Morgan fingerprint density at radius 1 is 1.29 bits per heavy atom. The fourth-order valence-electron chi connectivity index (χ4n) is 1.73. The van der Waals surface area contributed by atoms with Crippen LogP contribution in [0.25, 0.3) is 11.5 Å². The number of nitrogens with zero attached hydrogens (tertiary/aromatic N) is 2. The van der Waals surface area contributed by atoms with E-state index in [1.807, 2.05) is 0 Å². The summed E-state index contributed by atoms with van der Waals surface area (Å²) in [6.07, 6.45) is 3.09. The fraction of sp³-hybridized carbons (Fsp3) is 0.0714. The van der Waals surface area contributed by atoms with E-state index in [9.17, 15) is 4.79 Å². The monoisotopic (exact) mass is 284 g/mol. The number of rotatable bonds is 4. The highest BCUT2D eigenvalue weighted by molar-refractivity contribution is 5.98. The lowest BCUT2D eigenvalue weighted by Gasteiger charge is -1.97. The minimum absolute atomic E-state index is 0.220. The van der Waals surface area contributed by atoms with Crippen LogP contribution in [0.3, 0.4) is 0 Å². The first-order valence-corrected chi connectivity index (χ1v) is 6.22. The van der Waals surface area contributed by atoms with Crippen LogP contribution < -0.4 is 5.43 Å². The molecule has 3 aromatic heterocycles. The van der Waals surface area contributed by atoms with Crippen LogP contribution >= 0.6 is 0 Å². The van der Waals surface area contributed by atoms with E-state index in [0.717, 1.165) is 0 Å². The van der Waals surface area contributed by atoms with Crippen molar-refractivity contribution < 1.29 is 13.6 Å². The average molecular weight is 284 g/mol. The molecule has 21 heavy (non-hydrogen) atoms. The third-order valence-electron chi connectivity index (χ3n) is 2.80. The molecule has 1 amide bonds. The Morgan fingerprint density at radius 2 is 2.10 bits per heavy atom. The molecule has 0 fully saturated rings. The second-order valence-corrected chi connectivity index (χ2v) is 4.26. The summed E-state index contributed by atoms with van der Waals surface area (Å²) in [6, 6.07) is 8.63. The zero-order chi connectivity index (χ0) is 14.7. The summed E-state index contributed by atoms with van der Waals surface area (Å²) in [5.41, 5.74) is 3.83. The number of H-pyrrole nitrogens is 1. The van der Waals surface area contributed by atoms with Crippen LogP contribution in [-0.2, 0) is 0 Å². The molecule has 0 spiro atoms. The first kappa shape index (κ1) is 12.9. The second kappa shape index (κ2) is 5.49. The number of aromatic nitrogens is 2. The number of hydrazone groups is 1. The zero-order valence-electron chi connectivity index (χ0n) is 11.2. The highest BCUT2D eigenvalue weighted by Crippen LogP contribution is 2.17. The summed E-state index contributed by atoms with van der Waals surface area (Å²) in [6.45, 7) is 1.73. The Kier molecular flexibility index (Phi) is 3.38. The summed E-state index contributed by atoms with van der Waals surface area (Å²) < 4.78 is 10.4. The van der Waals surface area contributed by atoms with Crippen molar-refractivity contribution in [3.05, 3.63) is 54.3 Å². The zero-order valence-corrected chi connectivity index (χ0v) is 11.2. The smallest absolute Gasteiger partial charge is 0.291 e. The van der Waals surface area contributed by atoms with Gasteiger partial charge in [0, 0.05) is 6.07 Å². The van der Waals surface area contributed by atoms with Gasteiger partial charge in [-0.05, 0) is 31.2 Å². The van der Waals surface area contributed by atoms with Crippen molar-refractivity contribution in [3.8, 4) is 11.5 Å². The van der Waals surface area contributed by atoms with Gasteiger partial charge in [-0.3, -0.25) is 9.89 Å². The fourth-order valence-corrected chi connectivity index (χ4v) is 1.73. The maximum absolute atomic E-state index is 11.9. The van der Waals surface area contributed by atoms with E-state index in [-0.39, 0.29) is 5.69 Å². The number of aromatic amines is 1. The molecule has 0 aliphatic rings. The SMILES string of the molecule is CC(=NNC(=O)c1cc(-c2ccco2)[nH]n1)c1ccco1. The molecule has 0 aliphatic carbocycles. The number of hydrogen-bond acceptors (Lipinski definition) is 5.